The van der Waals surface area contributed by atoms with Crippen LogP contribution in [-0.2, 0) is 4.79 Å². The van der Waals surface area contributed by atoms with E-state index in [-0.39, 0.29) is 0 Å². The van der Waals surface area contributed by atoms with Crippen LogP contribution in [0, 0.1) is 11.8 Å². The van der Waals surface area contributed by atoms with E-state index >= 15 is 0 Å². The third-order valence-corrected chi connectivity index (χ3v) is 5.03. The number of hydrogen-bond acceptors (Lipinski definition) is 2. The molecule has 1 aliphatic heterocycles. The Morgan fingerprint density at radius 1 is 1.11 bits per heavy atom. The monoisotopic (exact) mass is 266 g/mol. The van der Waals surface area contributed by atoms with Gasteiger partial charge in [0, 0.05) is 25.6 Å². The predicted molar refractivity (Wildman–Crippen MR) is 78.8 cm³/mol. The molecule has 2 aliphatic rings. The fourth-order valence-electron chi connectivity index (χ4n) is 3.47. The molecule has 19 heavy (non-hydrogen) atoms. The first-order chi connectivity index (χ1) is 9.15. The molecule has 1 unspecified atom stereocenters. The van der Waals surface area contributed by atoms with Gasteiger partial charge in [0.2, 0.25) is 5.91 Å². The average Bonchev–Trinajstić information content (AvgIpc) is 2.63. The molecule has 1 amide bonds. The minimum atomic E-state index is 0.393. The molecular weight excluding hydrogens is 236 g/mol. The Bertz CT molecular complexity index is 284. The Morgan fingerprint density at radius 2 is 1.84 bits per heavy atom. The van der Waals surface area contributed by atoms with E-state index in [0.717, 1.165) is 50.6 Å². The molecule has 0 aromatic carbocycles. The van der Waals surface area contributed by atoms with Gasteiger partial charge in [-0.2, -0.15) is 0 Å². The number of nitrogens with two attached hydrogens (primary N) is 1. The van der Waals surface area contributed by atoms with Gasteiger partial charge in [-0.05, 0) is 63.2 Å². The van der Waals surface area contributed by atoms with Gasteiger partial charge in [-0.1, -0.05) is 6.92 Å². The third-order valence-electron chi connectivity index (χ3n) is 5.03. The van der Waals surface area contributed by atoms with Gasteiger partial charge in [0.25, 0.3) is 0 Å². The van der Waals surface area contributed by atoms with Crippen molar-refractivity contribution in [2.24, 2.45) is 17.6 Å². The van der Waals surface area contributed by atoms with Crippen molar-refractivity contribution in [3.63, 3.8) is 0 Å². The lowest BCUT2D eigenvalue weighted by atomic mass is 9.84. The van der Waals surface area contributed by atoms with E-state index in [2.05, 4.69) is 11.8 Å². The van der Waals surface area contributed by atoms with E-state index in [1.807, 2.05) is 0 Å². The molecule has 0 aromatic rings. The summed E-state index contributed by atoms with van der Waals surface area (Å²) in [5.74, 6) is 1.93. The molecule has 0 aromatic heterocycles. The van der Waals surface area contributed by atoms with Crippen LogP contribution in [0.15, 0.2) is 0 Å². The van der Waals surface area contributed by atoms with E-state index in [1.54, 1.807) is 0 Å². The van der Waals surface area contributed by atoms with Crippen molar-refractivity contribution in [3.05, 3.63) is 0 Å². The van der Waals surface area contributed by atoms with Gasteiger partial charge >= 0.3 is 0 Å². The molecule has 2 rings (SSSR count). The van der Waals surface area contributed by atoms with Gasteiger partial charge in [0.1, 0.15) is 0 Å². The first-order valence-corrected chi connectivity index (χ1v) is 8.18. The Kier molecular flexibility index (Phi) is 5.68. The Hall–Kier alpha value is -0.570. The van der Waals surface area contributed by atoms with Crippen molar-refractivity contribution in [3.8, 4) is 0 Å². The van der Waals surface area contributed by atoms with E-state index < -0.39 is 0 Å². The number of hydrogen-bond donors (Lipinski definition) is 1. The Balaban J connectivity index is 1.68. The molecule has 1 saturated heterocycles. The van der Waals surface area contributed by atoms with Gasteiger partial charge in [-0.15, -0.1) is 0 Å². The molecule has 1 heterocycles. The second kappa shape index (κ2) is 7.28. The van der Waals surface area contributed by atoms with Crippen LogP contribution in [0.4, 0.5) is 0 Å². The number of rotatable bonds is 3. The molecule has 1 saturated carbocycles. The Labute approximate surface area is 117 Å². The van der Waals surface area contributed by atoms with Gasteiger partial charge in [-0.25, -0.2) is 0 Å². The second-order valence-electron chi connectivity index (χ2n) is 6.74. The van der Waals surface area contributed by atoms with Gasteiger partial charge in [0.05, 0.1) is 0 Å². The van der Waals surface area contributed by atoms with E-state index in [9.17, 15) is 4.79 Å². The highest BCUT2D eigenvalue weighted by molar-refractivity contribution is 5.76. The number of carbonyl (C=O) groups is 1. The van der Waals surface area contributed by atoms with Crippen LogP contribution in [0.3, 0.4) is 0 Å². The first-order valence-electron chi connectivity index (χ1n) is 8.18. The summed E-state index contributed by atoms with van der Waals surface area (Å²) < 4.78 is 0. The SMILES string of the molecule is CC1CCCN(C(=O)CCC2CCC(N)CC2)CC1. The molecule has 3 nitrogen and oxygen atoms in total. The van der Waals surface area contributed by atoms with Crippen molar-refractivity contribution in [2.75, 3.05) is 13.1 Å². The molecule has 2 N–H and O–H groups in total. The summed E-state index contributed by atoms with van der Waals surface area (Å²) in [4.78, 5) is 14.4. The smallest absolute Gasteiger partial charge is 0.222 e. The third kappa shape index (κ3) is 4.79. The maximum atomic E-state index is 12.3. The maximum absolute atomic E-state index is 12.3. The summed E-state index contributed by atoms with van der Waals surface area (Å²) in [5.41, 5.74) is 5.93. The predicted octanol–water partition coefficient (Wildman–Crippen LogP) is 2.93. The highest BCUT2D eigenvalue weighted by atomic mass is 16.2. The zero-order chi connectivity index (χ0) is 13.7. The summed E-state index contributed by atoms with van der Waals surface area (Å²) in [7, 11) is 0. The molecular formula is C16H30N2O. The summed E-state index contributed by atoms with van der Waals surface area (Å²) in [5, 5.41) is 0. The van der Waals surface area contributed by atoms with Gasteiger partial charge in [-0.3, -0.25) is 4.79 Å². The van der Waals surface area contributed by atoms with Gasteiger partial charge in [0.15, 0.2) is 0 Å². The lowest BCUT2D eigenvalue weighted by molar-refractivity contribution is -0.131. The van der Waals surface area contributed by atoms with E-state index in [1.165, 1.54) is 32.1 Å². The van der Waals surface area contributed by atoms with Crippen LogP contribution in [-0.4, -0.2) is 29.9 Å². The minimum absolute atomic E-state index is 0.393. The number of carbonyl (C=O) groups excluding carboxylic acids is 1. The fraction of sp³-hybridized carbons (Fsp3) is 0.938. The topological polar surface area (TPSA) is 46.3 Å². The standard InChI is InChI=1S/C16H30N2O/c1-13-3-2-11-18(12-10-13)16(19)9-6-14-4-7-15(17)8-5-14/h13-15H,2-12,17H2,1H3. The lowest BCUT2D eigenvalue weighted by Gasteiger charge is -2.27. The number of nitrogens with zero attached hydrogens (tertiary/aromatic N) is 1. The van der Waals surface area contributed by atoms with Crippen LogP contribution in [0.5, 0.6) is 0 Å². The van der Waals surface area contributed by atoms with Gasteiger partial charge < -0.3 is 10.6 Å². The van der Waals surface area contributed by atoms with Crippen molar-refractivity contribution in [2.45, 2.75) is 70.8 Å². The van der Waals surface area contributed by atoms with Crippen molar-refractivity contribution in [1.29, 1.82) is 0 Å². The zero-order valence-electron chi connectivity index (χ0n) is 12.4. The largest absolute Gasteiger partial charge is 0.343 e. The van der Waals surface area contributed by atoms with Crippen molar-refractivity contribution in [1.82, 2.24) is 4.90 Å². The van der Waals surface area contributed by atoms with E-state index in [0.29, 0.717) is 11.9 Å². The first kappa shape index (κ1) is 14.8. The molecule has 1 aliphatic carbocycles. The quantitative estimate of drug-likeness (QED) is 0.853. The molecule has 110 valence electrons. The van der Waals surface area contributed by atoms with Crippen molar-refractivity contribution < 1.29 is 4.79 Å². The molecule has 0 spiro atoms. The molecule has 3 heteroatoms. The number of amides is 1. The highest BCUT2D eigenvalue weighted by Gasteiger charge is 2.22. The van der Waals surface area contributed by atoms with Crippen LogP contribution in [0.25, 0.3) is 0 Å². The van der Waals surface area contributed by atoms with Crippen LogP contribution < -0.4 is 5.73 Å². The minimum Gasteiger partial charge on any atom is -0.343 e. The van der Waals surface area contributed by atoms with Crippen molar-refractivity contribution >= 4 is 5.91 Å². The van der Waals surface area contributed by atoms with Crippen LogP contribution in [0.2, 0.25) is 0 Å². The number of likely N-dealkylation sites (tertiary alicyclic amines) is 1. The lowest BCUT2D eigenvalue weighted by Crippen LogP contribution is -2.32. The summed E-state index contributed by atoms with van der Waals surface area (Å²) in [6, 6.07) is 0.416. The molecule has 2 fully saturated rings. The Morgan fingerprint density at radius 3 is 2.58 bits per heavy atom. The molecule has 0 bridgehead atoms. The molecule has 0 radical (unpaired) electrons. The molecule has 1 atom stereocenters. The normalized spacial score (nSPS) is 32.9. The summed E-state index contributed by atoms with van der Waals surface area (Å²) in [6.07, 6.45) is 10.3. The summed E-state index contributed by atoms with van der Waals surface area (Å²) in [6.45, 7) is 4.27. The van der Waals surface area contributed by atoms with Crippen LogP contribution >= 0.6 is 0 Å². The highest BCUT2D eigenvalue weighted by Crippen LogP contribution is 2.27. The van der Waals surface area contributed by atoms with E-state index in [4.69, 9.17) is 5.73 Å². The zero-order valence-corrected chi connectivity index (χ0v) is 12.4. The summed E-state index contributed by atoms with van der Waals surface area (Å²) >= 11 is 0. The average molecular weight is 266 g/mol. The maximum Gasteiger partial charge on any atom is 0.222 e. The second-order valence-corrected chi connectivity index (χ2v) is 6.74. The fourth-order valence-corrected chi connectivity index (χ4v) is 3.47. The van der Waals surface area contributed by atoms with Crippen LogP contribution in [0.1, 0.15) is 64.7 Å².